The van der Waals surface area contributed by atoms with Crippen molar-refractivity contribution in [1.29, 1.82) is 0 Å². The number of pyridine rings is 1. The number of piperidine rings is 1. The van der Waals surface area contributed by atoms with Gasteiger partial charge >= 0.3 is 6.09 Å². The number of halogens is 2. The van der Waals surface area contributed by atoms with Crippen LogP contribution in [0.3, 0.4) is 0 Å². The number of hydrogen-bond donors (Lipinski definition) is 2. The highest BCUT2D eigenvalue weighted by Gasteiger charge is 2.47. The van der Waals surface area contributed by atoms with Crippen molar-refractivity contribution in [2.24, 2.45) is 24.6 Å². The van der Waals surface area contributed by atoms with Crippen molar-refractivity contribution in [2.75, 3.05) is 26.1 Å². The molecule has 11 nitrogen and oxygen atoms in total. The molecule has 2 unspecified atom stereocenters. The summed E-state index contributed by atoms with van der Waals surface area (Å²) in [5.74, 6) is -0.412. The summed E-state index contributed by atoms with van der Waals surface area (Å²) in [7, 11) is 4.63. The lowest BCUT2D eigenvalue weighted by Crippen LogP contribution is -2.41. The number of aromatic nitrogens is 4. The number of carbonyl (C=O) groups is 2. The second kappa shape index (κ2) is 11.3. The van der Waals surface area contributed by atoms with Crippen LogP contribution in [0.2, 0.25) is 0 Å². The molecule has 3 atom stereocenters. The second-order valence-electron chi connectivity index (χ2n) is 13.1. The average molecular weight is 656 g/mol. The zero-order chi connectivity index (χ0) is 33.4. The highest BCUT2D eigenvalue weighted by molar-refractivity contribution is 6.00. The normalized spacial score (nSPS) is 20.2. The van der Waals surface area contributed by atoms with E-state index in [-0.39, 0.29) is 34.9 Å². The lowest BCUT2D eigenvalue weighted by molar-refractivity contribution is 0.0700. The van der Waals surface area contributed by atoms with Crippen molar-refractivity contribution in [3.8, 4) is 28.5 Å². The van der Waals surface area contributed by atoms with Gasteiger partial charge in [-0.1, -0.05) is 0 Å². The minimum absolute atomic E-state index is 0.0157. The molecule has 3 fully saturated rings. The molecule has 3 aromatic heterocycles. The third-order valence-corrected chi connectivity index (χ3v) is 10.2. The van der Waals surface area contributed by atoms with Gasteiger partial charge in [-0.15, -0.1) is 0 Å². The third kappa shape index (κ3) is 4.78. The Balaban J connectivity index is 1.21. The maximum absolute atomic E-state index is 15.3. The van der Waals surface area contributed by atoms with Crippen LogP contribution < -0.4 is 15.8 Å². The van der Waals surface area contributed by atoms with Crippen LogP contribution >= 0.6 is 0 Å². The van der Waals surface area contributed by atoms with Crippen LogP contribution in [0.4, 0.5) is 19.3 Å². The molecule has 0 radical (unpaired) electrons. The molecule has 8 rings (SSSR count). The standard InChI is InChI=1S/C35H35F2N7O4/c1-42-31-24(12-20(14-27(31)47-2)34(45)44-16-19-7-11-25(44)30(19)38)40-33(42)26-13-18-6-9-22(39-32(18)43(26)15-17-4-5-17)21-8-10-23(29(37)28(21)36)41-35(46)48-3/h6,8-10,12-14,17,19,25,30H,4-5,7,11,15-16,38H2,1-3H3,(H,41,46)/t19?,25?,30-/m1/s1. The van der Waals surface area contributed by atoms with E-state index in [4.69, 9.17) is 20.4 Å². The number of likely N-dealkylation sites (tertiary alicyclic amines) is 1. The van der Waals surface area contributed by atoms with Gasteiger partial charge in [-0.25, -0.2) is 23.5 Å². The molecule has 3 aliphatic rings. The van der Waals surface area contributed by atoms with E-state index in [2.05, 4.69) is 14.6 Å². The molecule has 2 aliphatic carbocycles. The zero-order valence-corrected chi connectivity index (χ0v) is 26.8. The Labute approximate surface area is 274 Å². The lowest BCUT2D eigenvalue weighted by atomic mass is 10.1. The first kappa shape index (κ1) is 30.3. The third-order valence-electron chi connectivity index (χ3n) is 10.2. The summed E-state index contributed by atoms with van der Waals surface area (Å²) in [6.07, 6.45) is 3.23. The van der Waals surface area contributed by atoms with Gasteiger partial charge in [0.15, 0.2) is 17.5 Å². The van der Waals surface area contributed by atoms with E-state index in [1.165, 1.54) is 12.1 Å². The first-order valence-corrected chi connectivity index (χ1v) is 16.1. The maximum atomic E-state index is 15.3. The quantitative estimate of drug-likeness (QED) is 0.230. The number of hydrogen-bond acceptors (Lipinski definition) is 7. The fourth-order valence-corrected chi connectivity index (χ4v) is 7.48. The zero-order valence-electron chi connectivity index (χ0n) is 26.8. The summed E-state index contributed by atoms with van der Waals surface area (Å²) in [6, 6.07) is 11.8. The van der Waals surface area contributed by atoms with Gasteiger partial charge in [-0.3, -0.25) is 10.1 Å². The molecule has 2 bridgehead atoms. The van der Waals surface area contributed by atoms with E-state index in [1.54, 1.807) is 19.2 Å². The largest absolute Gasteiger partial charge is 0.494 e. The number of nitrogens with zero attached hydrogens (tertiary/aromatic N) is 5. The van der Waals surface area contributed by atoms with Crippen LogP contribution in [0.1, 0.15) is 36.0 Å². The van der Waals surface area contributed by atoms with Crippen LogP contribution in [-0.2, 0) is 18.3 Å². The molecule has 4 heterocycles. The van der Waals surface area contributed by atoms with E-state index in [9.17, 15) is 14.0 Å². The van der Waals surface area contributed by atoms with E-state index in [0.29, 0.717) is 53.2 Å². The smallest absolute Gasteiger partial charge is 0.411 e. The SMILES string of the molecule is COC(=O)Nc1ccc(-c2ccc3cc(-c4nc5cc(C(=O)N6CC7CCC6[C@@H]7N)cc(OC)c5n4C)n(CC4CC4)c3n2)c(F)c1F. The average Bonchev–Trinajstić information content (AvgIpc) is 3.50. The molecule has 2 aromatic carbocycles. The minimum atomic E-state index is -1.21. The number of ether oxygens (including phenoxy) is 2. The lowest BCUT2D eigenvalue weighted by Gasteiger charge is -2.27. The van der Waals surface area contributed by atoms with Crippen molar-refractivity contribution in [3.05, 3.63) is 59.7 Å². The molecule has 0 spiro atoms. The predicted octanol–water partition coefficient (Wildman–Crippen LogP) is 5.69. The van der Waals surface area contributed by atoms with Gasteiger partial charge in [0.25, 0.3) is 5.91 Å². The maximum Gasteiger partial charge on any atom is 0.411 e. The Hall–Kier alpha value is -5.04. The van der Waals surface area contributed by atoms with E-state index < -0.39 is 17.7 Å². The molecule has 2 amide bonds. The summed E-state index contributed by atoms with van der Waals surface area (Å²) in [5, 5.41) is 2.99. The molecule has 48 heavy (non-hydrogen) atoms. The van der Waals surface area contributed by atoms with Crippen LogP contribution in [0.25, 0.3) is 44.8 Å². The molecule has 1 aliphatic heterocycles. The fraction of sp³-hybridized carbons (Fsp3) is 0.371. The van der Waals surface area contributed by atoms with E-state index in [1.807, 2.05) is 34.7 Å². The monoisotopic (exact) mass is 655 g/mol. The van der Waals surface area contributed by atoms with Gasteiger partial charge in [-0.2, -0.15) is 0 Å². The summed E-state index contributed by atoms with van der Waals surface area (Å²) < 4.78 is 44.6. The van der Waals surface area contributed by atoms with Gasteiger partial charge in [0.05, 0.1) is 36.8 Å². The Kier molecular flexibility index (Phi) is 7.13. The highest BCUT2D eigenvalue weighted by atomic mass is 19.2. The molecule has 1 saturated heterocycles. The molecule has 13 heteroatoms. The van der Waals surface area contributed by atoms with Gasteiger partial charge in [0.1, 0.15) is 16.9 Å². The number of amides is 2. The number of fused-ring (bicyclic) bond motifs is 4. The highest BCUT2D eigenvalue weighted by Crippen LogP contribution is 2.40. The number of methoxy groups -OCH3 is 2. The topological polar surface area (TPSA) is 130 Å². The number of nitrogens with one attached hydrogen (secondary N) is 1. The molecular weight excluding hydrogens is 620 g/mol. The number of imidazole rings is 1. The summed E-state index contributed by atoms with van der Waals surface area (Å²) >= 11 is 0. The van der Waals surface area contributed by atoms with Crippen LogP contribution in [-0.4, -0.2) is 68.9 Å². The molecule has 2 saturated carbocycles. The summed E-state index contributed by atoms with van der Waals surface area (Å²) in [6.45, 7) is 1.34. The molecule has 248 valence electrons. The van der Waals surface area contributed by atoms with E-state index >= 15 is 4.39 Å². The number of carbonyl (C=O) groups excluding carboxylic acids is 2. The molecule has 3 N–H and O–H groups in total. The first-order valence-electron chi connectivity index (χ1n) is 16.1. The van der Waals surface area contributed by atoms with Crippen LogP contribution in [0, 0.1) is 23.5 Å². The number of nitrogens with two attached hydrogens (primary N) is 1. The van der Waals surface area contributed by atoms with Crippen LogP contribution in [0.15, 0.2) is 42.5 Å². The van der Waals surface area contributed by atoms with Gasteiger partial charge in [0.2, 0.25) is 0 Å². The van der Waals surface area contributed by atoms with Crippen molar-refractivity contribution in [1.82, 2.24) is 24.0 Å². The Morgan fingerprint density at radius 1 is 1.02 bits per heavy atom. The molecular formula is C35H35F2N7O4. The van der Waals surface area contributed by atoms with Gasteiger partial charge in [0, 0.05) is 48.7 Å². The van der Waals surface area contributed by atoms with Crippen molar-refractivity contribution >= 4 is 39.8 Å². The predicted molar refractivity (Wildman–Crippen MR) is 176 cm³/mol. The number of anilines is 1. The van der Waals surface area contributed by atoms with Gasteiger partial charge < -0.3 is 29.2 Å². The summed E-state index contributed by atoms with van der Waals surface area (Å²) in [4.78, 5) is 37.1. The van der Waals surface area contributed by atoms with Crippen molar-refractivity contribution in [2.45, 2.75) is 44.3 Å². The number of benzene rings is 2. The van der Waals surface area contributed by atoms with Gasteiger partial charge in [-0.05, 0) is 80.0 Å². The number of rotatable bonds is 7. The second-order valence-corrected chi connectivity index (χ2v) is 13.1. The van der Waals surface area contributed by atoms with Crippen LogP contribution in [0.5, 0.6) is 5.75 Å². The van der Waals surface area contributed by atoms with Crippen molar-refractivity contribution < 1.29 is 27.8 Å². The Bertz CT molecular complexity index is 2140. The van der Waals surface area contributed by atoms with E-state index in [0.717, 1.165) is 49.4 Å². The summed E-state index contributed by atoms with van der Waals surface area (Å²) in [5.41, 5.74) is 9.58. The fourth-order valence-electron chi connectivity index (χ4n) is 7.48. The minimum Gasteiger partial charge on any atom is -0.494 e. The van der Waals surface area contributed by atoms with Crippen molar-refractivity contribution in [3.63, 3.8) is 0 Å². The number of aryl methyl sites for hydroxylation is 1. The molecule has 5 aromatic rings. The Morgan fingerprint density at radius 2 is 1.83 bits per heavy atom. The Morgan fingerprint density at radius 3 is 2.52 bits per heavy atom. The first-order chi connectivity index (χ1) is 23.2.